The molecule has 1 atom stereocenters. The van der Waals surface area contributed by atoms with Gasteiger partial charge in [-0.25, -0.2) is 8.42 Å². The summed E-state index contributed by atoms with van der Waals surface area (Å²) in [6.07, 6.45) is -0.608. The number of hydrogen-bond acceptors (Lipinski definition) is 4. The molecule has 0 aliphatic heterocycles. The van der Waals surface area contributed by atoms with E-state index in [0.29, 0.717) is 0 Å². The Morgan fingerprint density at radius 2 is 1.64 bits per heavy atom. The summed E-state index contributed by atoms with van der Waals surface area (Å²) in [5.41, 5.74) is 0.486. The van der Waals surface area contributed by atoms with E-state index in [1.165, 1.54) is 12.1 Å². The number of aliphatic hydroxyl groups is 1. The molecule has 134 valence electrons. The molecular weight excluding hydrogens is 352 g/mol. The Hall–Kier alpha value is -2.32. The van der Waals surface area contributed by atoms with Gasteiger partial charge in [0.15, 0.2) is 0 Å². The van der Waals surface area contributed by atoms with E-state index in [2.05, 4.69) is 5.32 Å². The number of sulfone groups is 1. The molecule has 0 aliphatic carbocycles. The number of hydrogen-bond donors (Lipinski definition) is 2. The van der Waals surface area contributed by atoms with E-state index < -0.39 is 32.5 Å². The molecule has 25 heavy (non-hydrogen) atoms. The van der Waals surface area contributed by atoms with Crippen LogP contribution >= 0.6 is 0 Å². The molecule has 0 unspecified atom stereocenters. The number of halogens is 2. The first-order valence-electron chi connectivity index (χ1n) is 7.43. The third-order valence-corrected chi connectivity index (χ3v) is 4.92. The first-order chi connectivity index (χ1) is 11.8. The number of carbonyl (C=O) groups excluding carboxylic acids is 1. The molecule has 2 N–H and O–H groups in total. The monoisotopic (exact) mass is 369 g/mol. The van der Waals surface area contributed by atoms with Crippen LogP contribution in [0.25, 0.3) is 0 Å². The van der Waals surface area contributed by atoms with Crippen molar-refractivity contribution in [1.82, 2.24) is 5.32 Å². The van der Waals surface area contributed by atoms with Crippen molar-refractivity contribution in [3.8, 4) is 0 Å². The second-order valence-electron chi connectivity index (χ2n) is 5.36. The first kappa shape index (κ1) is 19.0. The maximum absolute atomic E-state index is 12.7. The van der Waals surface area contributed by atoms with Crippen molar-refractivity contribution in [2.45, 2.75) is 23.2 Å². The highest BCUT2D eigenvalue weighted by molar-refractivity contribution is 7.91. The summed E-state index contributed by atoms with van der Waals surface area (Å²) in [7, 11) is -4.90. The molecule has 0 fully saturated rings. The van der Waals surface area contributed by atoms with Crippen LogP contribution in [0.5, 0.6) is 0 Å². The van der Waals surface area contributed by atoms with Crippen molar-refractivity contribution in [3.63, 3.8) is 0 Å². The zero-order valence-electron chi connectivity index (χ0n) is 13.1. The maximum Gasteiger partial charge on any atom is 0.341 e. The SMILES string of the molecule is O=C(NC[C@@H](O)Cc1ccccc1)c1ccccc1S(=O)(=O)C(F)F. The minimum atomic E-state index is -4.90. The molecule has 8 heteroatoms. The molecule has 5 nitrogen and oxygen atoms in total. The smallest absolute Gasteiger partial charge is 0.341 e. The molecular formula is C17H17F2NO4S. The van der Waals surface area contributed by atoms with Crippen molar-refractivity contribution < 1.29 is 27.1 Å². The van der Waals surface area contributed by atoms with Gasteiger partial charge in [-0.1, -0.05) is 42.5 Å². The van der Waals surface area contributed by atoms with E-state index in [1.54, 1.807) is 0 Å². The normalized spacial score (nSPS) is 12.8. The first-order valence-corrected chi connectivity index (χ1v) is 8.98. The van der Waals surface area contributed by atoms with Gasteiger partial charge in [-0.3, -0.25) is 4.79 Å². The zero-order chi connectivity index (χ0) is 18.4. The van der Waals surface area contributed by atoms with Crippen LogP contribution in [0.2, 0.25) is 0 Å². The van der Waals surface area contributed by atoms with Gasteiger partial charge in [0.2, 0.25) is 9.84 Å². The highest BCUT2D eigenvalue weighted by Crippen LogP contribution is 2.22. The average molecular weight is 369 g/mol. The number of nitrogens with one attached hydrogen (secondary N) is 1. The number of amides is 1. The largest absolute Gasteiger partial charge is 0.391 e. The predicted octanol–water partition coefficient (Wildman–Crippen LogP) is 2.02. The maximum atomic E-state index is 12.7. The Balaban J connectivity index is 2.07. The average Bonchev–Trinajstić information content (AvgIpc) is 2.60. The van der Waals surface area contributed by atoms with Gasteiger partial charge >= 0.3 is 5.76 Å². The lowest BCUT2D eigenvalue weighted by Gasteiger charge is -2.14. The second kappa shape index (κ2) is 8.17. The van der Waals surface area contributed by atoms with Crippen molar-refractivity contribution in [2.24, 2.45) is 0 Å². The van der Waals surface area contributed by atoms with Crippen LogP contribution in [-0.2, 0) is 16.3 Å². The molecule has 0 aliphatic rings. The lowest BCUT2D eigenvalue weighted by molar-refractivity contribution is 0.0912. The Kier molecular flexibility index (Phi) is 6.22. The van der Waals surface area contributed by atoms with E-state index in [-0.39, 0.29) is 18.5 Å². The molecule has 1 amide bonds. The van der Waals surface area contributed by atoms with Gasteiger partial charge < -0.3 is 10.4 Å². The van der Waals surface area contributed by atoms with Crippen molar-refractivity contribution in [3.05, 3.63) is 65.7 Å². The van der Waals surface area contributed by atoms with Gasteiger partial charge in [0, 0.05) is 13.0 Å². The summed E-state index contributed by atoms with van der Waals surface area (Å²) in [6.45, 7) is -0.142. The van der Waals surface area contributed by atoms with E-state index in [1.807, 2.05) is 30.3 Å². The van der Waals surface area contributed by atoms with Crippen LogP contribution in [0.3, 0.4) is 0 Å². The Bertz CT molecular complexity index is 826. The van der Waals surface area contributed by atoms with Gasteiger partial charge in [-0.05, 0) is 17.7 Å². The fourth-order valence-electron chi connectivity index (χ4n) is 2.26. The molecule has 0 bridgehead atoms. The number of rotatable bonds is 7. The molecule has 2 aromatic rings. The van der Waals surface area contributed by atoms with E-state index >= 15 is 0 Å². The zero-order valence-corrected chi connectivity index (χ0v) is 13.9. The number of benzene rings is 2. The molecule has 0 spiro atoms. The Labute approximate surface area is 144 Å². The lowest BCUT2D eigenvalue weighted by Crippen LogP contribution is -2.34. The van der Waals surface area contributed by atoms with Crippen molar-refractivity contribution >= 4 is 15.7 Å². The van der Waals surface area contributed by atoms with Crippen LogP contribution in [0.15, 0.2) is 59.5 Å². The molecule has 0 aromatic heterocycles. The van der Waals surface area contributed by atoms with Crippen molar-refractivity contribution in [2.75, 3.05) is 6.54 Å². The minimum absolute atomic E-state index is 0.142. The predicted molar refractivity (Wildman–Crippen MR) is 88.1 cm³/mol. The summed E-state index contributed by atoms with van der Waals surface area (Å²) < 4.78 is 48.8. The van der Waals surface area contributed by atoms with Gasteiger partial charge in [0.25, 0.3) is 5.91 Å². The molecule has 0 radical (unpaired) electrons. The second-order valence-corrected chi connectivity index (χ2v) is 7.24. The quantitative estimate of drug-likeness (QED) is 0.782. The van der Waals surface area contributed by atoms with Crippen LogP contribution in [0.1, 0.15) is 15.9 Å². The summed E-state index contributed by atoms with van der Waals surface area (Å²) in [5.74, 6) is -4.46. The van der Waals surface area contributed by atoms with Crippen LogP contribution in [0, 0.1) is 0 Å². The summed E-state index contributed by atoms with van der Waals surface area (Å²) in [4.78, 5) is 11.4. The molecule has 0 saturated heterocycles. The third-order valence-electron chi connectivity index (χ3n) is 3.49. The summed E-state index contributed by atoms with van der Waals surface area (Å²) in [5, 5.41) is 12.3. The van der Waals surface area contributed by atoms with Gasteiger partial charge in [-0.15, -0.1) is 0 Å². The molecule has 2 rings (SSSR count). The molecule has 2 aromatic carbocycles. The van der Waals surface area contributed by atoms with Crippen LogP contribution in [-0.4, -0.2) is 37.8 Å². The molecule has 0 saturated carbocycles. The lowest BCUT2D eigenvalue weighted by atomic mass is 10.1. The van der Waals surface area contributed by atoms with Crippen LogP contribution < -0.4 is 5.32 Å². The Morgan fingerprint density at radius 1 is 1.04 bits per heavy atom. The summed E-state index contributed by atoms with van der Waals surface area (Å²) in [6, 6.07) is 13.8. The number of carbonyl (C=O) groups is 1. The van der Waals surface area contributed by atoms with Gasteiger partial charge in [-0.2, -0.15) is 8.78 Å². The highest BCUT2D eigenvalue weighted by atomic mass is 32.2. The summed E-state index contributed by atoms with van der Waals surface area (Å²) >= 11 is 0. The fraction of sp³-hybridized carbons (Fsp3) is 0.235. The van der Waals surface area contributed by atoms with Crippen molar-refractivity contribution in [1.29, 1.82) is 0 Å². The standard InChI is InChI=1S/C17H17F2NO4S/c18-17(19)25(23,24)15-9-5-4-8-14(15)16(22)20-11-13(21)10-12-6-2-1-3-7-12/h1-9,13,17,21H,10-11H2,(H,20,22)/t13-/m0/s1. The Morgan fingerprint density at radius 3 is 2.28 bits per heavy atom. The van der Waals surface area contributed by atoms with Gasteiger partial charge in [0.05, 0.1) is 16.6 Å². The van der Waals surface area contributed by atoms with E-state index in [9.17, 15) is 27.1 Å². The van der Waals surface area contributed by atoms with Gasteiger partial charge in [0.1, 0.15) is 0 Å². The number of aliphatic hydroxyl groups excluding tert-OH is 1. The van der Waals surface area contributed by atoms with E-state index in [4.69, 9.17) is 0 Å². The fourth-order valence-corrected chi connectivity index (χ4v) is 3.19. The third kappa shape index (κ3) is 4.83. The van der Waals surface area contributed by atoms with E-state index in [0.717, 1.165) is 17.7 Å². The number of alkyl halides is 2. The molecule has 0 heterocycles. The minimum Gasteiger partial charge on any atom is -0.391 e. The van der Waals surface area contributed by atoms with Crippen LogP contribution in [0.4, 0.5) is 8.78 Å². The topological polar surface area (TPSA) is 83.5 Å². The highest BCUT2D eigenvalue weighted by Gasteiger charge is 2.30.